The average Bonchev–Trinajstić information content (AvgIpc) is 3.49. The van der Waals surface area contributed by atoms with Gasteiger partial charge >= 0.3 is 0 Å². The van der Waals surface area contributed by atoms with Gasteiger partial charge in [-0.25, -0.2) is 4.98 Å². The molecule has 2 aliphatic carbocycles. The molecule has 310 valence electrons. The number of hydrogen-bond acceptors (Lipinski definition) is 12. The van der Waals surface area contributed by atoms with Gasteiger partial charge in [-0.2, -0.15) is 5.26 Å². The number of nitrogens with one attached hydrogen (secondary N) is 2. The molecule has 4 aromatic rings. The van der Waals surface area contributed by atoms with Crippen molar-refractivity contribution < 1.29 is 33.4 Å². The molecule has 5 amide bonds. The Hall–Kier alpha value is -6.40. The summed E-state index contributed by atoms with van der Waals surface area (Å²) in [6.07, 6.45) is 5.32. The van der Waals surface area contributed by atoms with E-state index in [1.807, 2.05) is 24.3 Å². The maximum absolute atomic E-state index is 13.7. The number of nitriles is 1. The second-order valence-electron chi connectivity index (χ2n) is 18.2. The van der Waals surface area contributed by atoms with Crippen LogP contribution in [0.4, 0.5) is 5.82 Å². The predicted octanol–water partition coefficient (Wildman–Crippen LogP) is 3.76. The molecule has 61 heavy (non-hydrogen) atoms. The number of nitrogens with zero attached hydrogens (tertiary/aromatic N) is 6. The predicted molar refractivity (Wildman–Crippen MR) is 219 cm³/mol. The van der Waals surface area contributed by atoms with E-state index in [9.17, 15) is 29.2 Å². The van der Waals surface area contributed by atoms with Crippen molar-refractivity contribution in [3.63, 3.8) is 0 Å². The van der Waals surface area contributed by atoms with Gasteiger partial charge in [0.05, 0.1) is 50.3 Å². The van der Waals surface area contributed by atoms with Gasteiger partial charge in [-0.05, 0) is 100 Å². The van der Waals surface area contributed by atoms with E-state index >= 15 is 0 Å². The van der Waals surface area contributed by atoms with Gasteiger partial charge in [0.25, 0.3) is 17.7 Å². The van der Waals surface area contributed by atoms with Crippen molar-refractivity contribution in [1.29, 1.82) is 5.26 Å². The van der Waals surface area contributed by atoms with Crippen LogP contribution in [0.5, 0.6) is 11.5 Å². The molecule has 15 heteroatoms. The van der Waals surface area contributed by atoms with Gasteiger partial charge in [-0.3, -0.25) is 39.2 Å². The minimum Gasteiger partial charge on any atom is -0.490 e. The lowest BCUT2D eigenvalue weighted by atomic mass is 9.42. The molecule has 0 spiro atoms. The van der Waals surface area contributed by atoms with E-state index in [-0.39, 0.29) is 48.1 Å². The highest BCUT2D eigenvalue weighted by molar-refractivity contribution is 6.23. The Morgan fingerprint density at radius 2 is 1.72 bits per heavy atom. The molecule has 2 saturated heterocycles. The Morgan fingerprint density at radius 1 is 0.951 bits per heavy atom. The van der Waals surface area contributed by atoms with Gasteiger partial charge in [0.15, 0.2) is 0 Å². The van der Waals surface area contributed by atoms with Gasteiger partial charge in [0, 0.05) is 56.5 Å². The molecule has 4 unspecified atom stereocenters. The van der Waals surface area contributed by atoms with Gasteiger partial charge in [-0.1, -0.05) is 0 Å². The van der Waals surface area contributed by atoms with Gasteiger partial charge < -0.3 is 24.6 Å². The molecule has 5 aliphatic heterocycles. The minimum absolute atomic E-state index is 0.0196. The highest BCUT2D eigenvalue weighted by Crippen LogP contribution is 2.63. The van der Waals surface area contributed by atoms with E-state index in [0.29, 0.717) is 40.1 Å². The lowest BCUT2D eigenvalue weighted by molar-refractivity contribution is -0.136. The molecule has 2 aromatic carbocycles. The number of hydrogen-bond donors (Lipinski definition) is 2. The Labute approximate surface area is 351 Å². The fourth-order valence-corrected chi connectivity index (χ4v) is 11.6. The molecule has 7 aliphatic rings. The van der Waals surface area contributed by atoms with E-state index in [1.54, 1.807) is 30.5 Å². The first-order valence-electron chi connectivity index (χ1n) is 21.2. The molecule has 0 bridgehead atoms. The number of aromatic nitrogens is 2. The summed E-state index contributed by atoms with van der Waals surface area (Å²) in [4.78, 5) is 79.6. The summed E-state index contributed by atoms with van der Waals surface area (Å²) in [5.74, 6) is 0.336. The average molecular weight is 821 g/mol. The number of carbonyl (C=O) groups excluding carboxylic acids is 5. The van der Waals surface area contributed by atoms with Crippen LogP contribution in [0, 0.1) is 17.2 Å². The summed E-state index contributed by atoms with van der Waals surface area (Å²) in [5, 5.41) is 16.2. The van der Waals surface area contributed by atoms with Crippen LogP contribution in [0.15, 0.2) is 54.7 Å². The number of ether oxygens (including phenoxy) is 2. The summed E-state index contributed by atoms with van der Waals surface area (Å²) in [6, 6.07) is 15.7. The molecule has 2 saturated carbocycles. The van der Waals surface area contributed by atoms with Crippen molar-refractivity contribution in [2.45, 2.75) is 93.5 Å². The number of fused-ring (bicyclic) bond motifs is 8. The van der Waals surface area contributed by atoms with Crippen LogP contribution in [0.2, 0.25) is 0 Å². The van der Waals surface area contributed by atoms with E-state index in [2.05, 4.69) is 52.4 Å². The minimum atomic E-state index is -1.01. The molecular weight excluding hydrogens is 777 g/mol. The molecule has 11 rings (SSSR count). The summed E-state index contributed by atoms with van der Waals surface area (Å²) in [7, 11) is 2.17. The third-order valence-electron chi connectivity index (χ3n) is 14.9. The van der Waals surface area contributed by atoms with Crippen LogP contribution in [-0.4, -0.2) is 106 Å². The fourth-order valence-electron chi connectivity index (χ4n) is 11.6. The first-order valence-corrected chi connectivity index (χ1v) is 21.2. The van der Waals surface area contributed by atoms with E-state index in [0.717, 1.165) is 72.7 Å². The van der Waals surface area contributed by atoms with Crippen molar-refractivity contribution in [2.24, 2.45) is 5.92 Å². The number of benzene rings is 2. The molecule has 7 heterocycles. The maximum atomic E-state index is 13.7. The number of piperidine rings is 2. The Kier molecular flexibility index (Phi) is 8.19. The second kappa shape index (κ2) is 13.3. The molecule has 5 atom stereocenters. The van der Waals surface area contributed by atoms with Gasteiger partial charge in [-0.15, -0.1) is 0 Å². The number of imide groups is 2. The topological polar surface area (TPSA) is 187 Å². The first-order chi connectivity index (χ1) is 29.4. The smallest absolute Gasteiger partial charge is 0.262 e. The fraction of sp³-hybridized carbons (Fsp3) is 0.435. The largest absolute Gasteiger partial charge is 0.490 e. The number of pyridine rings is 2. The van der Waals surface area contributed by atoms with Crippen LogP contribution >= 0.6 is 0 Å². The highest BCUT2D eigenvalue weighted by Gasteiger charge is 2.74. The monoisotopic (exact) mass is 820 g/mol. The van der Waals surface area contributed by atoms with Crippen molar-refractivity contribution in [3.8, 4) is 17.6 Å². The zero-order valence-corrected chi connectivity index (χ0v) is 34.1. The lowest BCUT2D eigenvalue weighted by Gasteiger charge is -2.68. The SMILES string of the molecule is CN(CC1CCN(c2ccc3c(n2)C2(C)C(NC3=O)C3(C)c4ccnc5c(C#N)ccc(c45)O[C@@H]23)CC1)C1CC(Oc2ccc3c(c2)C(=O)N(C2CCC(=O)NC2=O)C3=O)C1. The standard InChI is InChI=1S/C46H44N8O7/c1-45-31-12-15-48-37-24(21-47)4-9-33(36(31)37)61-44(45)46(2)38-29(39(56)51-43(45)46)7-10-34(49-38)53-16-13-23(14-17-53)22-52(3)25-18-27(19-25)60-26-5-6-28-30(20-26)42(59)54(41(28)58)32-8-11-35(55)50-40(32)57/h4-7,9-10,12,15,20,23,25,27,32,43-44H,8,11,13-14,16-19,22H2,1-3H3,(H,51,56)(H,50,55,57)/t25?,27?,32?,43?,44-,45?,46?/m1/s1. The highest BCUT2D eigenvalue weighted by atomic mass is 16.5. The van der Waals surface area contributed by atoms with Crippen molar-refractivity contribution in [2.75, 3.05) is 31.6 Å². The third kappa shape index (κ3) is 5.33. The number of amides is 5. The zero-order chi connectivity index (χ0) is 42.1. The van der Waals surface area contributed by atoms with Crippen molar-refractivity contribution >= 4 is 46.3 Å². The van der Waals surface area contributed by atoms with E-state index in [1.165, 1.54) is 0 Å². The van der Waals surface area contributed by atoms with Crippen LogP contribution in [-0.2, 0) is 20.4 Å². The molecule has 0 radical (unpaired) electrons. The van der Waals surface area contributed by atoms with E-state index < -0.39 is 40.5 Å². The number of carbonyl (C=O) groups is 5. The van der Waals surface area contributed by atoms with Gasteiger partial charge in [0.1, 0.15) is 41.6 Å². The number of anilines is 1. The first kappa shape index (κ1) is 37.6. The Bertz CT molecular complexity index is 2680. The molecule has 2 aromatic heterocycles. The Morgan fingerprint density at radius 3 is 2.49 bits per heavy atom. The summed E-state index contributed by atoms with van der Waals surface area (Å²) in [5.41, 5.74) is 2.79. The zero-order valence-electron chi connectivity index (χ0n) is 34.1. The van der Waals surface area contributed by atoms with Crippen LogP contribution in [0.25, 0.3) is 10.9 Å². The van der Waals surface area contributed by atoms with Crippen LogP contribution in [0.3, 0.4) is 0 Å². The summed E-state index contributed by atoms with van der Waals surface area (Å²) in [6.45, 7) is 6.96. The van der Waals surface area contributed by atoms with Crippen molar-refractivity contribution in [3.05, 3.63) is 88.2 Å². The van der Waals surface area contributed by atoms with Crippen LogP contribution in [0.1, 0.15) is 100 Å². The normalized spacial score (nSPS) is 30.0. The second-order valence-corrected chi connectivity index (χ2v) is 18.2. The molecular formula is C46H44N8O7. The quantitative estimate of drug-likeness (QED) is 0.258. The van der Waals surface area contributed by atoms with Crippen molar-refractivity contribution in [1.82, 2.24) is 30.4 Å². The molecule has 4 fully saturated rings. The summed E-state index contributed by atoms with van der Waals surface area (Å²) < 4.78 is 13.1. The van der Waals surface area contributed by atoms with E-state index in [4.69, 9.17) is 14.5 Å². The third-order valence-corrected chi connectivity index (χ3v) is 14.9. The molecule has 15 nitrogen and oxygen atoms in total. The Balaban J connectivity index is 0.713. The number of rotatable bonds is 7. The lowest BCUT2D eigenvalue weighted by Crippen LogP contribution is -2.83. The summed E-state index contributed by atoms with van der Waals surface area (Å²) >= 11 is 0. The molecule has 2 N–H and O–H groups in total. The maximum Gasteiger partial charge on any atom is 0.262 e. The van der Waals surface area contributed by atoms with Gasteiger partial charge in [0.2, 0.25) is 11.8 Å². The van der Waals surface area contributed by atoms with Crippen LogP contribution < -0.4 is 25.0 Å².